The molecule has 2 aromatic rings. The summed E-state index contributed by atoms with van der Waals surface area (Å²) in [4.78, 5) is 20.0. The number of rotatable bonds is 3. The Kier molecular flexibility index (Phi) is 4.15. The summed E-state index contributed by atoms with van der Waals surface area (Å²) in [6.45, 7) is 5.60. The minimum absolute atomic E-state index is 0.343. The number of carbonyl (C=O) groups is 1. The van der Waals surface area contributed by atoms with Crippen LogP contribution in [0, 0.1) is 6.92 Å². The van der Waals surface area contributed by atoms with Crippen molar-refractivity contribution in [3.8, 4) is 11.1 Å². The molecule has 0 unspecified atom stereocenters. The van der Waals surface area contributed by atoms with Gasteiger partial charge in [-0.3, -0.25) is 4.98 Å². The van der Waals surface area contributed by atoms with Crippen molar-refractivity contribution >= 4 is 23.6 Å². The maximum absolute atomic E-state index is 11.9. The minimum Gasteiger partial charge on any atom is -0.465 e. The molecule has 0 aliphatic rings. The average Bonchev–Trinajstić information content (AvgIpc) is 2.46. The smallest absolute Gasteiger partial charge is 0.340 e. The summed E-state index contributed by atoms with van der Waals surface area (Å²) in [5.41, 5.74) is 3.42. The van der Waals surface area contributed by atoms with E-state index in [1.807, 2.05) is 13.0 Å². The molecule has 0 radical (unpaired) electrons. The van der Waals surface area contributed by atoms with Crippen LogP contribution in [-0.4, -0.2) is 23.0 Å². The summed E-state index contributed by atoms with van der Waals surface area (Å²) >= 11 is 5.95. The van der Waals surface area contributed by atoms with Gasteiger partial charge < -0.3 is 4.74 Å². The molecule has 102 valence electrons. The first-order valence-electron chi connectivity index (χ1n) is 5.90. The molecular formula is C15H13ClN2O2. The van der Waals surface area contributed by atoms with Crippen LogP contribution in [0.3, 0.4) is 0 Å². The van der Waals surface area contributed by atoms with Crippen LogP contribution in [0.1, 0.15) is 21.6 Å². The highest BCUT2D eigenvalue weighted by Crippen LogP contribution is 2.30. The summed E-state index contributed by atoms with van der Waals surface area (Å²) in [6.07, 6.45) is 4.77. The fraction of sp³-hybridized carbons (Fsp3) is 0.133. The number of esters is 1. The molecule has 0 aromatic carbocycles. The maximum atomic E-state index is 11.9. The van der Waals surface area contributed by atoms with Crippen molar-refractivity contribution in [2.75, 3.05) is 7.11 Å². The van der Waals surface area contributed by atoms with Crippen LogP contribution in [0.25, 0.3) is 17.2 Å². The van der Waals surface area contributed by atoms with Crippen molar-refractivity contribution in [2.24, 2.45) is 0 Å². The molecule has 0 atom stereocenters. The Morgan fingerprint density at radius 2 is 2.05 bits per heavy atom. The number of aromatic nitrogens is 2. The van der Waals surface area contributed by atoms with Crippen molar-refractivity contribution < 1.29 is 9.53 Å². The Bertz CT molecular complexity index is 684. The number of hydrogen-bond acceptors (Lipinski definition) is 4. The van der Waals surface area contributed by atoms with E-state index in [9.17, 15) is 4.79 Å². The van der Waals surface area contributed by atoms with E-state index in [0.717, 1.165) is 16.8 Å². The van der Waals surface area contributed by atoms with Gasteiger partial charge in [-0.05, 0) is 24.6 Å². The normalized spacial score (nSPS) is 10.2. The molecule has 2 aromatic heterocycles. The predicted molar refractivity (Wildman–Crippen MR) is 78.6 cm³/mol. The Hall–Kier alpha value is -2.20. The second kappa shape index (κ2) is 5.84. The van der Waals surface area contributed by atoms with Gasteiger partial charge >= 0.3 is 5.97 Å². The third-order valence-electron chi connectivity index (χ3n) is 2.86. The van der Waals surface area contributed by atoms with Crippen LogP contribution >= 0.6 is 11.6 Å². The number of hydrogen-bond donors (Lipinski definition) is 0. The minimum atomic E-state index is -0.449. The number of methoxy groups -OCH3 is 1. The summed E-state index contributed by atoms with van der Waals surface area (Å²) in [5, 5.41) is 0.343. The number of aryl methyl sites for hydroxylation is 1. The first-order valence-corrected chi connectivity index (χ1v) is 6.28. The van der Waals surface area contributed by atoms with Crippen molar-refractivity contribution in [1.82, 2.24) is 9.97 Å². The Morgan fingerprint density at radius 3 is 2.70 bits per heavy atom. The van der Waals surface area contributed by atoms with E-state index in [0.29, 0.717) is 16.3 Å². The molecule has 0 aliphatic heterocycles. The standard InChI is InChI=1S/C15H13ClN2O2/c1-4-10-7-18-14(16)6-11(10)12-5-9(2)17-8-13(12)15(19)20-3/h4-8H,1H2,2-3H3. The van der Waals surface area contributed by atoms with E-state index in [1.165, 1.54) is 13.3 Å². The first-order chi connectivity index (χ1) is 9.56. The molecule has 2 rings (SSSR count). The van der Waals surface area contributed by atoms with Gasteiger partial charge in [0.15, 0.2) is 0 Å². The summed E-state index contributed by atoms with van der Waals surface area (Å²) < 4.78 is 4.79. The van der Waals surface area contributed by atoms with Gasteiger partial charge in [0.25, 0.3) is 0 Å². The number of carbonyl (C=O) groups excluding carboxylic acids is 1. The lowest BCUT2D eigenvalue weighted by Crippen LogP contribution is -2.05. The molecule has 0 fully saturated rings. The monoisotopic (exact) mass is 288 g/mol. The van der Waals surface area contributed by atoms with Gasteiger partial charge in [0.2, 0.25) is 0 Å². The highest BCUT2D eigenvalue weighted by Gasteiger charge is 2.16. The van der Waals surface area contributed by atoms with Crippen molar-refractivity contribution in [2.45, 2.75) is 6.92 Å². The molecule has 20 heavy (non-hydrogen) atoms. The van der Waals surface area contributed by atoms with Gasteiger partial charge in [0, 0.05) is 29.2 Å². The molecule has 0 N–H and O–H groups in total. The zero-order valence-electron chi connectivity index (χ0n) is 11.2. The number of ether oxygens (including phenoxy) is 1. The largest absolute Gasteiger partial charge is 0.465 e. The van der Waals surface area contributed by atoms with Crippen LogP contribution in [0.5, 0.6) is 0 Å². The van der Waals surface area contributed by atoms with E-state index in [-0.39, 0.29) is 0 Å². The lowest BCUT2D eigenvalue weighted by atomic mass is 9.97. The number of halogens is 1. The fourth-order valence-corrected chi connectivity index (χ4v) is 2.05. The zero-order valence-corrected chi connectivity index (χ0v) is 11.9. The van der Waals surface area contributed by atoms with Gasteiger partial charge in [0.05, 0.1) is 12.7 Å². The summed E-state index contributed by atoms with van der Waals surface area (Å²) in [7, 11) is 1.33. The third kappa shape index (κ3) is 2.70. The van der Waals surface area contributed by atoms with Gasteiger partial charge in [-0.25, -0.2) is 9.78 Å². The van der Waals surface area contributed by atoms with Crippen LogP contribution in [0.15, 0.2) is 31.1 Å². The zero-order chi connectivity index (χ0) is 14.7. The molecule has 0 aliphatic carbocycles. The molecule has 0 saturated heterocycles. The van der Waals surface area contributed by atoms with E-state index < -0.39 is 5.97 Å². The van der Waals surface area contributed by atoms with E-state index >= 15 is 0 Å². The quantitative estimate of drug-likeness (QED) is 0.640. The molecular weight excluding hydrogens is 276 g/mol. The average molecular weight is 289 g/mol. The van der Waals surface area contributed by atoms with E-state index in [4.69, 9.17) is 16.3 Å². The van der Waals surface area contributed by atoms with Crippen LogP contribution in [0.2, 0.25) is 5.15 Å². The molecule has 0 bridgehead atoms. The lowest BCUT2D eigenvalue weighted by Gasteiger charge is -2.11. The molecule has 5 heteroatoms. The van der Waals surface area contributed by atoms with Crippen LogP contribution in [-0.2, 0) is 4.74 Å². The molecule has 0 spiro atoms. The highest BCUT2D eigenvalue weighted by atomic mass is 35.5. The van der Waals surface area contributed by atoms with E-state index in [2.05, 4.69) is 16.5 Å². The number of nitrogens with zero attached hydrogens (tertiary/aromatic N) is 2. The van der Waals surface area contributed by atoms with Gasteiger partial charge in [-0.2, -0.15) is 0 Å². The molecule has 0 amide bonds. The molecule has 0 saturated carbocycles. The molecule has 2 heterocycles. The second-order valence-electron chi connectivity index (χ2n) is 4.16. The Labute approximate surface area is 122 Å². The Morgan fingerprint density at radius 1 is 1.30 bits per heavy atom. The van der Waals surface area contributed by atoms with Crippen LogP contribution < -0.4 is 0 Å². The van der Waals surface area contributed by atoms with Gasteiger partial charge in [-0.15, -0.1) is 0 Å². The SMILES string of the molecule is C=Cc1cnc(Cl)cc1-c1cc(C)ncc1C(=O)OC. The van der Waals surface area contributed by atoms with Crippen molar-refractivity contribution in [3.05, 3.63) is 53.1 Å². The Balaban J connectivity index is 2.74. The maximum Gasteiger partial charge on any atom is 0.340 e. The van der Waals surface area contributed by atoms with Gasteiger partial charge in [-0.1, -0.05) is 24.3 Å². The summed E-state index contributed by atoms with van der Waals surface area (Å²) in [6, 6.07) is 3.50. The van der Waals surface area contributed by atoms with Crippen molar-refractivity contribution in [1.29, 1.82) is 0 Å². The predicted octanol–water partition coefficient (Wildman–Crippen LogP) is 3.54. The van der Waals surface area contributed by atoms with Crippen LogP contribution in [0.4, 0.5) is 0 Å². The summed E-state index contributed by atoms with van der Waals surface area (Å²) in [5.74, 6) is -0.449. The molecule has 4 nitrogen and oxygen atoms in total. The number of pyridine rings is 2. The fourth-order valence-electron chi connectivity index (χ4n) is 1.89. The van der Waals surface area contributed by atoms with E-state index in [1.54, 1.807) is 18.3 Å². The highest BCUT2D eigenvalue weighted by molar-refractivity contribution is 6.29. The topological polar surface area (TPSA) is 52.1 Å². The lowest BCUT2D eigenvalue weighted by molar-refractivity contribution is 0.0601. The van der Waals surface area contributed by atoms with Gasteiger partial charge in [0.1, 0.15) is 5.15 Å². The second-order valence-corrected chi connectivity index (χ2v) is 4.55. The third-order valence-corrected chi connectivity index (χ3v) is 3.06. The van der Waals surface area contributed by atoms with Crippen molar-refractivity contribution in [3.63, 3.8) is 0 Å². The first kappa shape index (κ1) is 14.2.